The molecule has 0 aromatic heterocycles. The van der Waals surface area contributed by atoms with Crippen molar-refractivity contribution in [3.63, 3.8) is 0 Å². The van der Waals surface area contributed by atoms with E-state index in [1.807, 2.05) is 36.4 Å². The van der Waals surface area contributed by atoms with E-state index in [2.05, 4.69) is 38.7 Å². The second-order valence-electron chi connectivity index (χ2n) is 7.23. The number of benzene rings is 3. The molecule has 162 valence electrons. The normalized spacial score (nSPS) is 11.9. The monoisotopic (exact) mass is 494 g/mol. The van der Waals surface area contributed by atoms with Crippen LogP contribution >= 0.6 is 15.9 Å². The smallest absolute Gasteiger partial charge is 0.407 e. The minimum Gasteiger partial charge on any atom is -0.478 e. The quantitative estimate of drug-likeness (QED) is 0.463. The van der Waals surface area contributed by atoms with Crippen LogP contribution in [0.25, 0.3) is 11.1 Å². The zero-order chi connectivity index (χ0) is 22.7. The first kappa shape index (κ1) is 21.6. The number of alkyl carbamates (subject to hydrolysis) is 1. The van der Waals surface area contributed by atoms with Crippen LogP contribution in [0, 0.1) is 0 Å². The summed E-state index contributed by atoms with van der Waals surface area (Å²) in [6, 6.07) is 20.4. The van der Waals surface area contributed by atoms with Crippen molar-refractivity contribution in [2.45, 2.75) is 5.92 Å². The van der Waals surface area contributed by atoms with E-state index in [1.165, 1.54) is 12.1 Å². The Hall–Kier alpha value is -3.65. The van der Waals surface area contributed by atoms with Crippen molar-refractivity contribution >= 4 is 39.6 Å². The Balaban J connectivity index is 1.32. The van der Waals surface area contributed by atoms with Crippen LogP contribution in [0.3, 0.4) is 0 Å². The Kier molecular flexibility index (Phi) is 6.23. The van der Waals surface area contributed by atoms with Crippen LogP contribution in [-0.2, 0) is 9.53 Å². The summed E-state index contributed by atoms with van der Waals surface area (Å²) < 4.78 is 5.80. The fraction of sp³-hybridized carbons (Fsp3) is 0.125. The van der Waals surface area contributed by atoms with Crippen molar-refractivity contribution < 1.29 is 24.2 Å². The fourth-order valence-electron chi connectivity index (χ4n) is 3.77. The van der Waals surface area contributed by atoms with Gasteiger partial charge in [0.15, 0.2) is 0 Å². The number of halogens is 1. The lowest BCUT2D eigenvalue weighted by molar-refractivity contribution is -0.115. The highest BCUT2D eigenvalue weighted by atomic mass is 79.9. The number of anilines is 1. The summed E-state index contributed by atoms with van der Waals surface area (Å²) in [6.07, 6.45) is -0.705. The number of ether oxygens (including phenoxy) is 1. The van der Waals surface area contributed by atoms with Gasteiger partial charge in [-0.1, -0.05) is 48.5 Å². The molecule has 0 unspecified atom stereocenters. The molecule has 7 nitrogen and oxygen atoms in total. The number of aromatic carboxylic acids is 1. The molecule has 0 fully saturated rings. The van der Waals surface area contributed by atoms with Crippen molar-refractivity contribution in [2.75, 3.05) is 18.5 Å². The SMILES string of the molecule is O=C(CNC(=O)OCC1c2ccccc2-c2ccccc21)Nc1ccc(Br)c(C(=O)O)c1. The molecule has 1 aliphatic carbocycles. The van der Waals surface area contributed by atoms with Crippen molar-refractivity contribution in [3.05, 3.63) is 87.9 Å². The molecule has 3 aromatic carbocycles. The predicted molar refractivity (Wildman–Crippen MR) is 123 cm³/mol. The summed E-state index contributed by atoms with van der Waals surface area (Å²) in [4.78, 5) is 35.5. The maximum Gasteiger partial charge on any atom is 0.407 e. The lowest BCUT2D eigenvalue weighted by Gasteiger charge is -2.14. The van der Waals surface area contributed by atoms with Gasteiger partial charge in [-0.25, -0.2) is 9.59 Å². The minimum absolute atomic E-state index is 0.0206. The number of fused-ring (bicyclic) bond motifs is 3. The molecule has 4 rings (SSSR count). The number of carboxylic acids is 1. The Morgan fingerprint density at radius 1 is 0.938 bits per heavy atom. The molecule has 0 bridgehead atoms. The summed E-state index contributed by atoms with van der Waals surface area (Å²) in [7, 11) is 0. The molecule has 0 aliphatic heterocycles. The number of carboxylic acid groups (broad SMARTS) is 1. The number of carbonyl (C=O) groups is 3. The molecule has 0 radical (unpaired) electrons. The molecule has 1 aliphatic rings. The molecule has 32 heavy (non-hydrogen) atoms. The number of amides is 2. The van der Waals surface area contributed by atoms with Gasteiger partial charge in [0, 0.05) is 16.1 Å². The average molecular weight is 495 g/mol. The molecular weight excluding hydrogens is 476 g/mol. The summed E-state index contributed by atoms with van der Waals surface area (Å²) in [5.74, 6) is -1.69. The molecule has 0 heterocycles. The third-order valence-electron chi connectivity index (χ3n) is 5.22. The maximum atomic E-state index is 12.2. The minimum atomic E-state index is -1.12. The third kappa shape index (κ3) is 4.50. The van der Waals surface area contributed by atoms with E-state index in [0.29, 0.717) is 10.2 Å². The van der Waals surface area contributed by atoms with Gasteiger partial charge in [0.1, 0.15) is 13.2 Å². The first-order valence-corrected chi connectivity index (χ1v) is 10.6. The summed E-state index contributed by atoms with van der Waals surface area (Å²) >= 11 is 3.15. The molecule has 2 amide bonds. The van der Waals surface area contributed by atoms with Gasteiger partial charge in [-0.2, -0.15) is 0 Å². The van der Waals surface area contributed by atoms with Gasteiger partial charge in [-0.15, -0.1) is 0 Å². The number of carbonyl (C=O) groups excluding carboxylic acids is 2. The maximum absolute atomic E-state index is 12.2. The van der Waals surface area contributed by atoms with Crippen LogP contribution < -0.4 is 10.6 Å². The van der Waals surface area contributed by atoms with Gasteiger partial charge in [-0.3, -0.25) is 4.79 Å². The van der Waals surface area contributed by atoms with E-state index in [9.17, 15) is 14.4 Å². The molecule has 0 atom stereocenters. The molecule has 3 N–H and O–H groups in total. The van der Waals surface area contributed by atoms with E-state index in [1.54, 1.807) is 6.07 Å². The van der Waals surface area contributed by atoms with Gasteiger partial charge < -0.3 is 20.5 Å². The van der Waals surface area contributed by atoms with Crippen molar-refractivity contribution in [2.24, 2.45) is 0 Å². The second kappa shape index (κ2) is 9.23. The van der Waals surface area contributed by atoms with Crippen LogP contribution in [-0.4, -0.2) is 36.2 Å². The van der Waals surface area contributed by atoms with E-state index < -0.39 is 18.0 Å². The Morgan fingerprint density at radius 2 is 1.56 bits per heavy atom. The van der Waals surface area contributed by atoms with Gasteiger partial charge in [0.05, 0.1) is 5.56 Å². The zero-order valence-electron chi connectivity index (χ0n) is 16.8. The summed E-state index contributed by atoms with van der Waals surface area (Å²) in [5, 5.41) is 14.1. The van der Waals surface area contributed by atoms with Gasteiger partial charge in [-0.05, 0) is 56.4 Å². The van der Waals surface area contributed by atoms with Gasteiger partial charge in [0.25, 0.3) is 0 Å². The number of rotatable bonds is 6. The second-order valence-corrected chi connectivity index (χ2v) is 8.08. The summed E-state index contributed by atoms with van der Waals surface area (Å²) in [6.45, 7) is -0.161. The van der Waals surface area contributed by atoms with Crippen LogP contribution in [0.2, 0.25) is 0 Å². The molecular formula is C24H19BrN2O5. The first-order valence-electron chi connectivity index (χ1n) is 9.85. The molecule has 0 spiro atoms. The topological polar surface area (TPSA) is 105 Å². The Morgan fingerprint density at radius 3 is 2.19 bits per heavy atom. The van der Waals surface area contributed by atoms with Crippen LogP contribution in [0.15, 0.2) is 71.2 Å². The van der Waals surface area contributed by atoms with Crippen molar-refractivity contribution in [3.8, 4) is 11.1 Å². The standard InChI is InChI=1S/C24H19BrN2O5/c25-21-10-9-14(11-19(21)23(29)30)27-22(28)12-26-24(31)32-13-20-17-7-3-1-5-15(17)16-6-2-4-8-18(16)20/h1-11,20H,12-13H2,(H,26,31)(H,27,28)(H,29,30). The van der Waals surface area contributed by atoms with E-state index in [0.717, 1.165) is 22.3 Å². The van der Waals surface area contributed by atoms with Crippen LogP contribution in [0.1, 0.15) is 27.4 Å². The van der Waals surface area contributed by atoms with Gasteiger partial charge >= 0.3 is 12.1 Å². The average Bonchev–Trinajstić information content (AvgIpc) is 3.11. The van der Waals surface area contributed by atoms with Crippen molar-refractivity contribution in [1.82, 2.24) is 5.32 Å². The number of hydrogen-bond donors (Lipinski definition) is 3. The van der Waals surface area contributed by atoms with E-state index in [4.69, 9.17) is 9.84 Å². The van der Waals surface area contributed by atoms with Crippen LogP contribution in [0.5, 0.6) is 0 Å². The van der Waals surface area contributed by atoms with Crippen molar-refractivity contribution in [1.29, 1.82) is 0 Å². The highest BCUT2D eigenvalue weighted by molar-refractivity contribution is 9.10. The largest absolute Gasteiger partial charge is 0.478 e. The Bertz CT molecular complexity index is 1160. The third-order valence-corrected chi connectivity index (χ3v) is 5.91. The highest BCUT2D eigenvalue weighted by Gasteiger charge is 2.29. The van der Waals surface area contributed by atoms with E-state index in [-0.39, 0.29) is 24.6 Å². The molecule has 8 heteroatoms. The highest BCUT2D eigenvalue weighted by Crippen LogP contribution is 2.44. The van der Waals surface area contributed by atoms with Gasteiger partial charge in [0.2, 0.25) is 5.91 Å². The molecule has 3 aromatic rings. The first-order chi connectivity index (χ1) is 15.4. The summed E-state index contributed by atoms with van der Waals surface area (Å²) in [5.41, 5.74) is 4.79. The Labute approximate surface area is 192 Å². The number of nitrogens with one attached hydrogen (secondary N) is 2. The molecule has 0 saturated heterocycles. The van der Waals surface area contributed by atoms with E-state index >= 15 is 0 Å². The lowest BCUT2D eigenvalue weighted by Crippen LogP contribution is -2.34. The number of hydrogen-bond acceptors (Lipinski definition) is 4. The predicted octanol–water partition coefficient (Wildman–Crippen LogP) is 4.62. The lowest BCUT2D eigenvalue weighted by atomic mass is 9.98. The van der Waals surface area contributed by atoms with Crippen LogP contribution in [0.4, 0.5) is 10.5 Å². The fourth-order valence-corrected chi connectivity index (χ4v) is 4.19. The zero-order valence-corrected chi connectivity index (χ0v) is 18.4. The molecule has 0 saturated carbocycles.